The summed E-state index contributed by atoms with van der Waals surface area (Å²) in [4.78, 5) is 15.4. The van der Waals surface area contributed by atoms with Crippen LogP contribution in [0.25, 0.3) is 0 Å². The molecule has 0 bridgehead atoms. The van der Waals surface area contributed by atoms with Gasteiger partial charge in [-0.25, -0.2) is 9.78 Å². The minimum absolute atomic E-state index is 0.188. The molecule has 0 aromatic carbocycles. The standard InChI is InChI=1S/C14H22N2O3/c1-5-19-9-13(10(2)3)16-11-6-7-15-12(8-11)14(17)18-4/h6-8,10,13H,5,9H2,1-4H3,(H,15,16). The van der Waals surface area contributed by atoms with Gasteiger partial charge < -0.3 is 14.8 Å². The summed E-state index contributed by atoms with van der Waals surface area (Å²) in [5.41, 5.74) is 1.14. The number of aromatic nitrogens is 1. The minimum Gasteiger partial charge on any atom is -0.464 e. The highest BCUT2D eigenvalue weighted by Gasteiger charge is 2.14. The number of methoxy groups -OCH3 is 1. The first-order chi connectivity index (χ1) is 9.08. The van der Waals surface area contributed by atoms with E-state index in [0.29, 0.717) is 24.8 Å². The first-order valence-electron chi connectivity index (χ1n) is 6.47. The van der Waals surface area contributed by atoms with Crippen molar-refractivity contribution in [3.63, 3.8) is 0 Å². The van der Waals surface area contributed by atoms with Crippen LogP contribution in [0.1, 0.15) is 31.3 Å². The van der Waals surface area contributed by atoms with Gasteiger partial charge in [-0.15, -0.1) is 0 Å². The van der Waals surface area contributed by atoms with Crippen molar-refractivity contribution in [2.45, 2.75) is 26.8 Å². The third-order valence-electron chi connectivity index (χ3n) is 2.81. The van der Waals surface area contributed by atoms with Gasteiger partial charge in [-0.05, 0) is 25.0 Å². The molecule has 1 atom stereocenters. The van der Waals surface area contributed by atoms with Gasteiger partial charge in [0.2, 0.25) is 0 Å². The van der Waals surface area contributed by atoms with E-state index in [1.807, 2.05) is 13.0 Å². The number of esters is 1. The number of nitrogens with zero attached hydrogens (tertiary/aromatic N) is 1. The number of anilines is 1. The fraction of sp³-hybridized carbons (Fsp3) is 0.571. The molecule has 0 amide bonds. The Bertz CT molecular complexity index is 407. The maximum absolute atomic E-state index is 11.4. The molecule has 0 aliphatic rings. The number of pyridine rings is 1. The highest BCUT2D eigenvalue weighted by Crippen LogP contribution is 2.14. The lowest BCUT2D eigenvalue weighted by molar-refractivity contribution is 0.0594. The second-order valence-electron chi connectivity index (χ2n) is 4.58. The summed E-state index contributed by atoms with van der Waals surface area (Å²) in [6.07, 6.45) is 1.59. The minimum atomic E-state index is -0.436. The molecule has 0 aliphatic carbocycles. The van der Waals surface area contributed by atoms with Crippen molar-refractivity contribution < 1.29 is 14.3 Å². The van der Waals surface area contributed by atoms with Gasteiger partial charge >= 0.3 is 5.97 Å². The van der Waals surface area contributed by atoms with Crippen LogP contribution in [0.4, 0.5) is 5.69 Å². The third-order valence-corrected chi connectivity index (χ3v) is 2.81. The second-order valence-corrected chi connectivity index (χ2v) is 4.58. The molecule has 0 saturated carbocycles. The van der Waals surface area contributed by atoms with Crippen molar-refractivity contribution in [1.29, 1.82) is 0 Å². The average Bonchev–Trinajstić information content (AvgIpc) is 2.42. The van der Waals surface area contributed by atoms with Gasteiger partial charge in [0.1, 0.15) is 5.69 Å². The third kappa shape index (κ3) is 4.87. The highest BCUT2D eigenvalue weighted by atomic mass is 16.5. The quantitative estimate of drug-likeness (QED) is 0.768. The number of hydrogen-bond acceptors (Lipinski definition) is 5. The van der Waals surface area contributed by atoms with E-state index in [9.17, 15) is 4.79 Å². The van der Waals surface area contributed by atoms with E-state index in [0.717, 1.165) is 5.69 Å². The molecule has 106 valence electrons. The van der Waals surface area contributed by atoms with Crippen molar-refractivity contribution in [3.8, 4) is 0 Å². The normalized spacial score (nSPS) is 12.3. The summed E-state index contributed by atoms with van der Waals surface area (Å²) in [6, 6.07) is 3.70. The summed E-state index contributed by atoms with van der Waals surface area (Å²) in [5.74, 6) is -0.0177. The lowest BCUT2D eigenvalue weighted by Gasteiger charge is -2.23. The maximum atomic E-state index is 11.4. The van der Waals surface area contributed by atoms with Crippen LogP contribution in [0.2, 0.25) is 0 Å². The van der Waals surface area contributed by atoms with Crippen LogP contribution in [0.15, 0.2) is 18.3 Å². The average molecular weight is 266 g/mol. The number of carbonyl (C=O) groups excluding carboxylic acids is 1. The molecule has 0 radical (unpaired) electrons. The fourth-order valence-corrected chi connectivity index (χ4v) is 1.60. The second kappa shape index (κ2) is 7.74. The predicted octanol–water partition coefficient (Wildman–Crippen LogP) is 2.34. The zero-order valence-corrected chi connectivity index (χ0v) is 12.0. The van der Waals surface area contributed by atoms with E-state index >= 15 is 0 Å². The molecule has 1 aromatic heterocycles. The molecule has 0 aliphatic heterocycles. The summed E-state index contributed by atoms with van der Waals surface area (Å²) >= 11 is 0. The molecule has 5 heteroatoms. The van der Waals surface area contributed by atoms with Crippen LogP contribution in [-0.2, 0) is 9.47 Å². The van der Waals surface area contributed by atoms with Crippen LogP contribution in [0.5, 0.6) is 0 Å². The Hall–Kier alpha value is -1.62. The Kier molecular flexibility index (Phi) is 6.29. The zero-order valence-electron chi connectivity index (χ0n) is 12.0. The summed E-state index contributed by atoms with van der Waals surface area (Å²) in [5, 5.41) is 3.36. The summed E-state index contributed by atoms with van der Waals surface area (Å²) in [7, 11) is 1.34. The summed E-state index contributed by atoms with van der Waals surface area (Å²) < 4.78 is 10.1. The van der Waals surface area contributed by atoms with E-state index < -0.39 is 5.97 Å². The van der Waals surface area contributed by atoms with Gasteiger partial charge in [0.05, 0.1) is 19.8 Å². The van der Waals surface area contributed by atoms with E-state index in [2.05, 4.69) is 28.9 Å². The molecule has 1 N–H and O–H groups in total. The smallest absolute Gasteiger partial charge is 0.356 e. The topological polar surface area (TPSA) is 60.5 Å². The van der Waals surface area contributed by atoms with Crippen molar-refractivity contribution in [3.05, 3.63) is 24.0 Å². The van der Waals surface area contributed by atoms with E-state index in [1.54, 1.807) is 12.3 Å². The number of ether oxygens (including phenoxy) is 2. The molecule has 1 rings (SSSR count). The number of carbonyl (C=O) groups is 1. The van der Waals surface area contributed by atoms with Gasteiger partial charge in [0.15, 0.2) is 0 Å². The molecule has 5 nitrogen and oxygen atoms in total. The largest absolute Gasteiger partial charge is 0.464 e. The van der Waals surface area contributed by atoms with Crippen LogP contribution >= 0.6 is 0 Å². The van der Waals surface area contributed by atoms with Gasteiger partial charge in [-0.3, -0.25) is 0 Å². The number of rotatable bonds is 7. The van der Waals surface area contributed by atoms with Crippen LogP contribution in [-0.4, -0.2) is 37.3 Å². The first-order valence-corrected chi connectivity index (χ1v) is 6.47. The first kappa shape index (κ1) is 15.4. The molecule has 0 spiro atoms. The molecule has 0 fully saturated rings. The number of hydrogen-bond donors (Lipinski definition) is 1. The van der Waals surface area contributed by atoms with Crippen LogP contribution in [0.3, 0.4) is 0 Å². The van der Waals surface area contributed by atoms with E-state index in [1.165, 1.54) is 7.11 Å². The SMILES string of the molecule is CCOCC(Nc1ccnc(C(=O)OC)c1)C(C)C. The Labute approximate surface area is 114 Å². The maximum Gasteiger partial charge on any atom is 0.356 e. The Morgan fingerprint density at radius 2 is 2.21 bits per heavy atom. The molecule has 19 heavy (non-hydrogen) atoms. The van der Waals surface area contributed by atoms with E-state index in [-0.39, 0.29) is 6.04 Å². The molecular weight excluding hydrogens is 244 g/mol. The Morgan fingerprint density at radius 3 is 2.79 bits per heavy atom. The van der Waals surface area contributed by atoms with Gasteiger partial charge in [-0.2, -0.15) is 0 Å². The lowest BCUT2D eigenvalue weighted by atomic mass is 10.1. The predicted molar refractivity (Wildman–Crippen MR) is 74.3 cm³/mol. The van der Waals surface area contributed by atoms with Gasteiger partial charge in [-0.1, -0.05) is 13.8 Å². The molecule has 1 heterocycles. The highest BCUT2D eigenvalue weighted by molar-refractivity contribution is 5.88. The Balaban J connectivity index is 2.76. The van der Waals surface area contributed by atoms with Crippen molar-refractivity contribution in [2.24, 2.45) is 5.92 Å². The Morgan fingerprint density at radius 1 is 1.47 bits per heavy atom. The molecular formula is C14H22N2O3. The van der Waals surface area contributed by atoms with Crippen molar-refractivity contribution >= 4 is 11.7 Å². The van der Waals surface area contributed by atoms with Gasteiger partial charge in [0.25, 0.3) is 0 Å². The van der Waals surface area contributed by atoms with Gasteiger partial charge in [0, 0.05) is 18.5 Å². The van der Waals surface area contributed by atoms with Crippen LogP contribution < -0.4 is 5.32 Å². The molecule has 1 aromatic rings. The lowest BCUT2D eigenvalue weighted by Crippen LogP contribution is -2.31. The number of nitrogens with one attached hydrogen (secondary N) is 1. The van der Waals surface area contributed by atoms with Crippen molar-refractivity contribution in [2.75, 3.05) is 25.6 Å². The van der Waals surface area contributed by atoms with Crippen molar-refractivity contribution in [1.82, 2.24) is 4.98 Å². The molecule has 0 saturated heterocycles. The van der Waals surface area contributed by atoms with E-state index in [4.69, 9.17) is 4.74 Å². The fourth-order valence-electron chi connectivity index (χ4n) is 1.60. The van der Waals surface area contributed by atoms with Crippen LogP contribution in [0, 0.1) is 5.92 Å². The zero-order chi connectivity index (χ0) is 14.3. The molecule has 1 unspecified atom stereocenters. The monoisotopic (exact) mass is 266 g/mol. The summed E-state index contributed by atoms with van der Waals surface area (Å²) in [6.45, 7) is 7.54.